The van der Waals surface area contributed by atoms with Crippen molar-refractivity contribution < 1.29 is 8.91 Å². The summed E-state index contributed by atoms with van der Waals surface area (Å²) in [4.78, 5) is 5.14. The van der Waals surface area contributed by atoms with E-state index in [-0.39, 0.29) is 5.82 Å². The Kier molecular flexibility index (Phi) is 4.31. The topological polar surface area (TPSA) is 32.5 Å². The molecule has 1 aromatic carbocycles. The highest BCUT2D eigenvalue weighted by Crippen LogP contribution is 2.32. The van der Waals surface area contributed by atoms with E-state index in [9.17, 15) is 4.39 Å². The van der Waals surface area contributed by atoms with Crippen molar-refractivity contribution in [2.75, 3.05) is 32.8 Å². The molecule has 4 nitrogen and oxygen atoms in total. The molecule has 3 heterocycles. The van der Waals surface area contributed by atoms with Gasteiger partial charge < -0.3 is 4.52 Å². The number of aromatic nitrogens is 1. The monoisotopic (exact) mass is 317 g/mol. The first-order chi connectivity index (χ1) is 11.3. The van der Waals surface area contributed by atoms with Gasteiger partial charge in [0.1, 0.15) is 5.82 Å². The SMILES string of the molecule is Fc1ccc2c(C3CCN(CN4CCCCC4)CC3)noc2c1. The molecular weight excluding hydrogens is 293 g/mol. The normalized spacial score (nSPS) is 22.0. The first-order valence-electron chi connectivity index (χ1n) is 8.79. The molecule has 2 aliphatic rings. The van der Waals surface area contributed by atoms with E-state index in [4.69, 9.17) is 4.52 Å². The van der Waals surface area contributed by atoms with E-state index in [1.54, 1.807) is 6.07 Å². The van der Waals surface area contributed by atoms with Crippen molar-refractivity contribution >= 4 is 11.0 Å². The third-order valence-electron chi connectivity index (χ3n) is 5.28. The van der Waals surface area contributed by atoms with Gasteiger partial charge in [-0.05, 0) is 50.9 Å². The molecule has 2 saturated heterocycles. The number of halogens is 1. The molecule has 0 saturated carbocycles. The smallest absolute Gasteiger partial charge is 0.170 e. The predicted octanol–water partition coefficient (Wildman–Crippen LogP) is 3.59. The summed E-state index contributed by atoms with van der Waals surface area (Å²) in [5.41, 5.74) is 1.58. The Labute approximate surface area is 136 Å². The van der Waals surface area contributed by atoms with Gasteiger partial charge in [-0.1, -0.05) is 11.6 Å². The van der Waals surface area contributed by atoms with E-state index in [1.165, 1.54) is 44.5 Å². The van der Waals surface area contributed by atoms with E-state index >= 15 is 0 Å². The van der Waals surface area contributed by atoms with Crippen LogP contribution in [0.5, 0.6) is 0 Å². The van der Waals surface area contributed by atoms with E-state index in [0.717, 1.165) is 43.7 Å². The zero-order valence-electron chi connectivity index (χ0n) is 13.5. The fraction of sp³-hybridized carbons (Fsp3) is 0.611. The Balaban J connectivity index is 1.38. The third kappa shape index (κ3) is 3.26. The number of piperidine rings is 2. The Bertz CT molecular complexity index is 657. The molecule has 23 heavy (non-hydrogen) atoms. The Morgan fingerprint density at radius 2 is 1.78 bits per heavy atom. The summed E-state index contributed by atoms with van der Waals surface area (Å²) in [6.07, 6.45) is 6.29. The van der Waals surface area contributed by atoms with Crippen molar-refractivity contribution in [3.8, 4) is 0 Å². The Morgan fingerprint density at radius 3 is 2.57 bits per heavy atom. The number of rotatable bonds is 3. The second-order valence-corrected chi connectivity index (χ2v) is 6.92. The van der Waals surface area contributed by atoms with Crippen LogP contribution in [0.2, 0.25) is 0 Å². The van der Waals surface area contributed by atoms with Crippen LogP contribution in [0.1, 0.15) is 43.7 Å². The zero-order chi connectivity index (χ0) is 15.6. The van der Waals surface area contributed by atoms with Crippen LogP contribution >= 0.6 is 0 Å². The zero-order valence-corrected chi connectivity index (χ0v) is 13.5. The second kappa shape index (κ2) is 6.57. The Hall–Kier alpha value is -1.46. The molecule has 4 rings (SSSR count). The van der Waals surface area contributed by atoms with Gasteiger partial charge in [0, 0.05) is 30.5 Å². The maximum Gasteiger partial charge on any atom is 0.170 e. The molecule has 0 unspecified atom stereocenters. The summed E-state index contributed by atoms with van der Waals surface area (Å²) in [5, 5.41) is 5.20. The van der Waals surface area contributed by atoms with E-state index in [2.05, 4.69) is 15.0 Å². The maximum atomic E-state index is 13.3. The minimum absolute atomic E-state index is 0.267. The van der Waals surface area contributed by atoms with Crippen molar-refractivity contribution in [3.05, 3.63) is 29.7 Å². The summed E-state index contributed by atoms with van der Waals surface area (Å²) < 4.78 is 18.6. The van der Waals surface area contributed by atoms with Gasteiger partial charge in [0.25, 0.3) is 0 Å². The van der Waals surface area contributed by atoms with Crippen LogP contribution in [-0.4, -0.2) is 47.8 Å². The molecular formula is C18H24FN3O. The lowest BCUT2D eigenvalue weighted by Gasteiger charge is -2.36. The lowest BCUT2D eigenvalue weighted by molar-refractivity contribution is 0.0921. The Morgan fingerprint density at radius 1 is 1.04 bits per heavy atom. The number of benzene rings is 1. The van der Waals surface area contributed by atoms with Crippen LogP contribution in [0.4, 0.5) is 4.39 Å². The third-order valence-corrected chi connectivity index (χ3v) is 5.28. The van der Waals surface area contributed by atoms with E-state index in [0.29, 0.717) is 11.5 Å². The molecule has 124 valence electrons. The van der Waals surface area contributed by atoms with Crippen molar-refractivity contribution in [2.24, 2.45) is 0 Å². The van der Waals surface area contributed by atoms with Gasteiger partial charge in [0.2, 0.25) is 0 Å². The summed E-state index contributed by atoms with van der Waals surface area (Å²) in [6.45, 7) is 5.82. The molecule has 0 aliphatic carbocycles. The predicted molar refractivity (Wildman–Crippen MR) is 87.8 cm³/mol. The standard InChI is InChI=1S/C18H24FN3O/c19-15-4-5-16-17(12-15)23-20-18(16)14-6-10-22(11-7-14)13-21-8-2-1-3-9-21/h4-5,12,14H,1-3,6-11,13H2. The van der Waals surface area contributed by atoms with Crippen LogP contribution in [0.25, 0.3) is 11.0 Å². The van der Waals surface area contributed by atoms with Gasteiger partial charge in [-0.25, -0.2) is 4.39 Å². The number of fused-ring (bicyclic) bond motifs is 1. The van der Waals surface area contributed by atoms with Gasteiger partial charge in [-0.15, -0.1) is 0 Å². The lowest BCUT2D eigenvalue weighted by atomic mass is 9.92. The van der Waals surface area contributed by atoms with Crippen molar-refractivity contribution in [3.63, 3.8) is 0 Å². The molecule has 5 heteroatoms. The molecule has 2 fully saturated rings. The minimum atomic E-state index is -0.267. The number of hydrogen-bond donors (Lipinski definition) is 0. The van der Waals surface area contributed by atoms with Crippen LogP contribution in [0, 0.1) is 5.82 Å². The summed E-state index contributed by atoms with van der Waals surface area (Å²) >= 11 is 0. The second-order valence-electron chi connectivity index (χ2n) is 6.92. The summed E-state index contributed by atoms with van der Waals surface area (Å²) in [5.74, 6) is 0.163. The van der Waals surface area contributed by atoms with Gasteiger partial charge in [0.15, 0.2) is 5.58 Å². The minimum Gasteiger partial charge on any atom is -0.356 e. The van der Waals surface area contributed by atoms with Crippen LogP contribution in [0.15, 0.2) is 22.7 Å². The molecule has 2 aromatic rings. The quantitative estimate of drug-likeness (QED) is 0.866. The first-order valence-corrected chi connectivity index (χ1v) is 8.79. The molecule has 0 N–H and O–H groups in total. The number of hydrogen-bond acceptors (Lipinski definition) is 4. The van der Waals surface area contributed by atoms with E-state index < -0.39 is 0 Å². The number of nitrogens with zero attached hydrogens (tertiary/aromatic N) is 3. The summed E-state index contributed by atoms with van der Waals surface area (Å²) in [7, 11) is 0. The average Bonchev–Trinajstić information content (AvgIpc) is 2.99. The highest BCUT2D eigenvalue weighted by molar-refractivity contribution is 5.79. The molecule has 0 bridgehead atoms. The highest BCUT2D eigenvalue weighted by Gasteiger charge is 2.26. The molecule has 2 aliphatic heterocycles. The maximum absolute atomic E-state index is 13.3. The van der Waals surface area contributed by atoms with Gasteiger partial charge in [0.05, 0.1) is 12.4 Å². The summed E-state index contributed by atoms with van der Waals surface area (Å²) in [6, 6.07) is 4.72. The lowest BCUT2D eigenvalue weighted by Crippen LogP contribution is -2.43. The van der Waals surface area contributed by atoms with Crippen molar-refractivity contribution in [2.45, 2.75) is 38.0 Å². The van der Waals surface area contributed by atoms with Gasteiger partial charge in [-0.2, -0.15) is 0 Å². The molecule has 0 amide bonds. The molecule has 0 spiro atoms. The number of likely N-dealkylation sites (tertiary alicyclic amines) is 2. The highest BCUT2D eigenvalue weighted by atomic mass is 19.1. The molecule has 0 atom stereocenters. The molecule has 0 radical (unpaired) electrons. The van der Waals surface area contributed by atoms with Crippen LogP contribution < -0.4 is 0 Å². The average molecular weight is 317 g/mol. The van der Waals surface area contributed by atoms with Crippen molar-refractivity contribution in [1.82, 2.24) is 15.0 Å². The van der Waals surface area contributed by atoms with Gasteiger partial charge in [-0.3, -0.25) is 9.80 Å². The van der Waals surface area contributed by atoms with Gasteiger partial charge >= 0.3 is 0 Å². The van der Waals surface area contributed by atoms with Crippen molar-refractivity contribution in [1.29, 1.82) is 0 Å². The fourth-order valence-corrected chi connectivity index (χ4v) is 3.96. The fourth-order valence-electron chi connectivity index (χ4n) is 3.96. The van der Waals surface area contributed by atoms with Crippen LogP contribution in [-0.2, 0) is 0 Å². The van der Waals surface area contributed by atoms with Crippen LogP contribution in [0.3, 0.4) is 0 Å². The van der Waals surface area contributed by atoms with E-state index in [1.807, 2.05) is 0 Å². The largest absolute Gasteiger partial charge is 0.356 e. The first kappa shape index (κ1) is 15.1. The molecule has 1 aromatic heterocycles.